The summed E-state index contributed by atoms with van der Waals surface area (Å²) in [5, 5.41) is 3.11. The van der Waals surface area contributed by atoms with Crippen molar-refractivity contribution in [3.05, 3.63) is 201 Å². The van der Waals surface area contributed by atoms with E-state index in [9.17, 15) is 4.79 Å². The second-order valence-corrected chi connectivity index (χ2v) is 16.6. The maximum absolute atomic E-state index is 11.4. The third kappa shape index (κ3) is 8.60. The number of hydrogen-bond acceptors (Lipinski definition) is 4. The van der Waals surface area contributed by atoms with Gasteiger partial charge in [0.05, 0.1) is 5.78 Å². The quantitative estimate of drug-likeness (QED) is 0.109. The van der Waals surface area contributed by atoms with Crippen LogP contribution >= 0.6 is 12.4 Å². The van der Waals surface area contributed by atoms with E-state index in [0.717, 1.165) is 24.3 Å². The van der Waals surface area contributed by atoms with Crippen LogP contribution in [0.15, 0.2) is 139 Å². The van der Waals surface area contributed by atoms with Crippen LogP contribution in [0.2, 0.25) is 0 Å². The first-order valence-corrected chi connectivity index (χ1v) is 20.6. The normalized spacial score (nSPS) is 15.1. The van der Waals surface area contributed by atoms with Crippen molar-refractivity contribution in [3.8, 4) is 0 Å². The molecule has 6 heteroatoms. The summed E-state index contributed by atoms with van der Waals surface area (Å²) in [6.45, 7) is 17.5. The predicted octanol–water partition coefficient (Wildman–Crippen LogP) is 10.9. The molecule has 0 saturated carbocycles. The van der Waals surface area contributed by atoms with Crippen molar-refractivity contribution < 1.29 is 21.0 Å². The number of para-hydroxylation sites is 1. The molecule has 0 bridgehead atoms. The first-order chi connectivity index (χ1) is 26.6. The van der Waals surface area contributed by atoms with Crippen LogP contribution in [-0.2, 0) is 21.0 Å². The molecule has 2 aliphatic carbocycles. The van der Waals surface area contributed by atoms with E-state index in [0.29, 0.717) is 5.57 Å². The van der Waals surface area contributed by atoms with Gasteiger partial charge in [-0.05, 0) is 18.6 Å². The molecule has 1 aliphatic heterocycles. The number of hydrogen-bond donors (Lipinski definition) is 1. The molecule has 3 aliphatic rings. The summed E-state index contributed by atoms with van der Waals surface area (Å²) in [6.07, 6.45) is 12.0. The Kier molecular flexibility index (Phi) is 12.8. The molecule has 0 amide bonds. The molecule has 8 rings (SSSR count). The van der Waals surface area contributed by atoms with Gasteiger partial charge in [0.2, 0.25) is 0 Å². The van der Waals surface area contributed by atoms with Crippen molar-refractivity contribution >= 4 is 49.3 Å². The number of anilines is 3. The van der Waals surface area contributed by atoms with E-state index >= 15 is 0 Å². The topological polar surface area (TPSA) is 35.6 Å². The first kappa shape index (κ1) is 40.4. The van der Waals surface area contributed by atoms with Crippen LogP contribution in [0.1, 0.15) is 55.6 Å². The monoisotopic (exact) mass is 844 g/mol. The average Bonchev–Trinajstić information content (AvgIpc) is 3.73. The maximum atomic E-state index is 11.4. The smallest absolute Gasteiger partial charge is 0.0929 e. The molecule has 0 spiro atoms. The van der Waals surface area contributed by atoms with E-state index in [2.05, 4.69) is 148 Å². The molecule has 0 atom stereocenters. The van der Waals surface area contributed by atoms with Gasteiger partial charge in [-0.1, -0.05) is 36.0 Å². The van der Waals surface area contributed by atoms with Gasteiger partial charge in [-0.2, -0.15) is 0 Å². The van der Waals surface area contributed by atoms with E-state index < -0.39 is 0 Å². The summed E-state index contributed by atoms with van der Waals surface area (Å²) in [6, 6.07) is 37.1. The van der Waals surface area contributed by atoms with E-state index in [1.807, 2.05) is 31.2 Å². The number of nitrogens with one attached hydrogen (secondary N) is 1. The minimum absolute atomic E-state index is 0. The van der Waals surface area contributed by atoms with Gasteiger partial charge in [0.1, 0.15) is 0 Å². The molecular weight excluding hydrogens is 795 g/mol. The number of fused-ring (bicyclic) bond motifs is 1. The van der Waals surface area contributed by atoms with E-state index in [1.54, 1.807) is 18.4 Å². The zero-order valence-corrected chi connectivity index (χ0v) is 35.7. The summed E-state index contributed by atoms with van der Waals surface area (Å²) in [4.78, 5) is 16.7. The van der Waals surface area contributed by atoms with Gasteiger partial charge in [-0.3, -0.25) is 0 Å². The fraction of sp³-hybridized carbons (Fsp3) is 0.180. The van der Waals surface area contributed by atoms with Crippen LogP contribution in [0.25, 0.3) is 5.57 Å². The number of halogens is 1. The van der Waals surface area contributed by atoms with E-state index in [1.165, 1.54) is 81.6 Å². The van der Waals surface area contributed by atoms with Gasteiger partial charge in [-0.25, -0.2) is 0 Å². The van der Waals surface area contributed by atoms with Gasteiger partial charge < -0.3 is 10.1 Å². The van der Waals surface area contributed by atoms with E-state index in [-0.39, 0.29) is 34.4 Å². The summed E-state index contributed by atoms with van der Waals surface area (Å²) in [5.74, 6) is -0.0245. The number of benzene rings is 5. The zero-order chi connectivity index (χ0) is 38.6. The Morgan fingerprint density at radius 3 is 1.77 bits per heavy atom. The average molecular weight is 844 g/mol. The Bertz CT molecular complexity index is 2390. The number of allylic oxidation sites excluding steroid dienone is 6. The van der Waals surface area contributed by atoms with Gasteiger partial charge in [0.15, 0.2) is 0 Å². The van der Waals surface area contributed by atoms with Gasteiger partial charge in [0.25, 0.3) is 0 Å². The number of rotatable bonds is 5. The second kappa shape index (κ2) is 17.7. The van der Waals surface area contributed by atoms with Crippen LogP contribution in [0.3, 0.4) is 0 Å². The molecule has 1 heterocycles. The molecule has 56 heavy (non-hydrogen) atoms. The maximum Gasteiger partial charge on any atom is 0.0929 e. The Morgan fingerprint density at radius 1 is 0.661 bits per heavy atom. The van der Waals surface area contributed by atoms with Gasteiger partial charge in [0, 0.05) is 5.69 Å². The minimum atomic E-state index is -0.233. The molecule has 1 N–H and O–H groups in total. The molecule has 1 saturated heterocycles. The fourth-order valence-corrected chi connectivity index (χ4v) is 10.5. The number of nitrogens with zero attached hydrogens (tertiary/aromatic N) is 2. The van der Waals surface area contributed by atoms with Crippen molar-refractivity contribution in [2.45, 2.75) is 48.5 Å². The fourth-order valence-electron chi connectivity index (χ4n) is 7.87. The van der Waals surface area contributed by atoms with Crippen molar-refractivity contribution in [3.63, 3.8) is 0 Å². The molecule has 0 radical (unpaired) electrons. The summed E-state index contributed by atoms with van der Waals surface area (Å²) >= 11 is -0.233. The Balaban J connectivity index is 0.000000263. The Morgan fingerprint density at radius 2 is 1.20 bits per heavy atom. The second-order valence-electron chi connectivity index (χ2n) is 14.5. The third-order valence-electron chi connectivity index (χ3n) is 10.1. The largest absolute Gasteiger partial charge is 0.401 e. The first-order valence-electron chi connectivity index (χ1n) is 18.9. The summed E-state index contributed by atoms with van der Waals surface area (Å²) < 4.78 is 2.94. The predicted molar refractivity (Wildman–Crippen MR) is 237 cm³/mol. The van der Waals surface area contributed by atoms with Crippen molar-refractivity contribution in [1.82, 2.24) is 0 Å². The molecule has 5 aromatic rings. The van der Waals surface area contributed by atoms with Crippen LogP contribution in [0.5, 0.6) is 0 Å². The number of aryl methyl sites for hydroxylation is 7. The molecule has 4 nitrogen and oxygen atoms in total. The van der Waals surface area contributed by atoms with Crippen molar-refractivity contribution in [1.29, 1.82) is 0 Å². The van der Waals surface area contributed by atoms with Gasteiger partial charge in [-0.15, -0.1) is 30.6 Å². The zero-order valence-electron chi connectivity index (χ0n) is 33.2. The summed E-state index contributed by atoms with van der Waals surface area (Å²) in [7, 11) is 0. The molecular formula is C50H49ClN3ORu-. The molecule has 286 valence electrons. The Labute approximate surface area is 346 Å². The van der Waals surface area contributed by atoms with Crippen molar-refractivity contribution in [2.75, 3.05) is 28.2 Å². The van der Waals surface area contributed by atoms with Crippen LogP contribution in [0.4, 0.5) is 17.1 Å². The van der Waals surface area contributed by atoms with Crippen molar-refractivity contribution in [2.24, 2.45) is 0 Å². The molecule has 5 aromatic carbocycles. The molecule has 1 fully saturated rings. The SMILES string of the molecule is Cc1cc(C)c(N2CCN(c3c(C)cc(C)cc3C)[C]2=[Ru]=[C]2C=C(c3ccccc3)c3ccccc32)c(C)c1.Cc1ccccc1N/C=C1/[C-]=CC=CC1=O.Cl. The van der Waals surface area contributed by atoms with Crippen LogP contribution in [0, 0.1) is 54.5 Å². The Hall–Kier alpha value is -5.22. The standard InChI is InChI=1S/C21H26N2.C15H10.C14H12NO.ClH.Ru/c1-14-9-16(3)20(17(4)10-14)22-7-8-23(13-22)21-18(5)11-15(2)12-19(21)6;1-2-6-12(7-3-1)15-11-10-13-8-4-5-9-14(13)15;1-11-6-2-4-8-13(11)15-10-12-7-3-5-9-14(12)16;;/h9-12H,7-8H2,1-6H3;1-9,11H;2-6,8-10,15H,1H3;1H;/q;;-1;;/b;;12-10-;;. The molecule has 0 unspecified atom stereocenters. The number of ketones is 1. The molecule has 0 aromatic heterocycles. The van der Waals surface area contributed by atoms with Gasteiger partial charge >= 0.3 is 241 Å². The van der Waals surface area contributed by atoms with E-state index in [4.69, 9.17) is 0 Å². The number of carbonyl (C=O) groups excluding carboxylic acids is 1. The summed E-state index contributed by atoms with van der Waals surface area (Å²) in [5.41, 5.74) is 19.0. The minimum Gasteiger partial charge on any atom is -0.401 e. The third-order valence-corrected chi connectivity index (χ3v) is 12.7. The van der Waals surface area contributed by atoms with Crippen LogP contribution < -0.4 is 15.1 Å². The van der Waals surface area contributed by atoms with Crippen LogP contribution in [-0.4, -0.2) is 27.3 Å². The number of carbonyl (C=O) groups is 1.